The van der Waals surface area contributed by atoms with Crippen LogP contribution in [0.4, 0.5) is 5.95 Å². The molecule has 3 rings (SSSR count). The zero-order chi connectivity index (χ0) is 21.6. The monoisotopic (exact) mass is 405 g/mol. The van der Waals surface area contributed by atoms with Crippen LogP contribution in [0.1, 0.15) is 26.3 Å². The number of nitrogens with one attached hydrogen (secondary N) is 2. The number of aromatic nitrogens is 4. The molecule has 30 heavy (non-hydrogen) atoms. The molecule has 0 unspecified atom stereocenters. The molecule has 154 valence electrons. The number of imidazole rings is 1. The van der Waals surface area contributed by atoms with Gasteiger partial charge >= 0.3 is 0 Å². The first-order valence-electron chi connectivity index (χ1n) is 9.41. The first-order valence-corrected chi connectivity index (χ1v) is 9.41. The van der Waals surface area contributed by atoms with E-state index < -0.39 is 5.60 Å². The van der Waals surface area contributed by atoms with E-state index in [9.17, 15) is 4.79 Å². The standard InChI is InChI=1S/C21H23N7O2/c1-21(2,3)30-28(14-29)9-8-24-20-25-11-17(18-12-23-13-26-18)19(27-20)16-6-4-15(10-22)5-7-16/h4-7,11-14H,8-9H2,1-3H3,(H,23,26)(H,24,25,27). The molecule has 2 heterocycles. The highest BCUT2D eigenvalue weighted by Gasteiger charge is 2.16. The van der Waals surface area contributed by atoms with Gasteiger partial charge in [-0.15, -0.1) is 0 Å². The van der Waals surface area contributed by atoms with Crippen molar-refractivity contribution in [1.29, 1.82) is 5.26 Å². The third-order valence-electron chi connectivity index (χ3n) is 3.99. The Labute approximate surface area is 174 Å². The van der Waals surface area contributed by atoms with Gasteiger partial charge in [-0.2, -0.15) is 5.26 Å². The number of rotatable bonds is 8. The van der Waals surface area contributed by atoms with Gasteiger partial charge in [0.25, 0.3) is 0 Å². The first-order chi connectivity index (χ1) is 14.4. The third kappa shape index (κ3) is 5.40. The molecule has 0 aliphatic rings. The number of hydroxylamine groups is 2. The molecule has 1 amide bonds. The Kier molecular flexibility index (Phi) is 6.39. The Morgan fingerprint density at radius 1 is 1.27 bits per heavy atom. The van der Waals surface area contributed by atoms with E-state index in [1.54, 1.807) is 30.9 Å². The highest BCUT2D eigenvalue weighted by atomic mass is 16.7. The van der Waals surface area contributed by atoms with Gasteiger partial charge in [0.2, 0.25) is 12.4 Å². The molecular weight excluding hydrogens is 382 g/mol. The minimum atomic E-state index is -0.466. The molecular formula is C21H23N7O2. The molecule has 0 aliphatic heterocycles. The van der Waals surface area contributed by atoms with Gasteiger partial charge in [0.1, 0.15) is 0 Å². The van der Waals surface area contributed by atoms with E-state index in [4.69, 9.17) is 10.1 Å². The van der Waals surface area contributed by atoms with E-state index in [2.05, 4.69) is 31.3 Å². The molecule has 0 saturated carbocycles. The number of nitriles is 1. The van der Waals surface area contributed by atoms with Crippen LogP contribution in [0, 0.1) is 11.3 Å². The Morgan fingerprint density at radius 2 is 2.03 bits per heavy atom. The van der Waals surface area contributed by atoms with Crippen LogP contribution in [-0.4, -0.2) is 50.1 Å². The summed E-state index contributed by atoms with van der Waals surface area (Å²) in [5.41, 5.74) is 3.21. The maximum Gasteiger partial charge on any atom is 0.233 e. The number of carbonyl (C=O) groups is 1. The van der Waals surface area contributed by atoms with Crippen LogP contribution in [0.3, 0.4) is 0 Å². The van der Waals surface area contributed by atoms with Crippen LogP contribution in [0.15, 0.2) is 43.0 Å². The van der Waals surface area contributed by atoms with Crippen LogP contribution in [-0.2, 0) is 9.63 Å². The summed E-state index contributed by atoms with van der Waals surface area (Å²) >= 11 is 0. The van der Waals surface area contributed by atoms with Crippen molar-refractivity contribution in [2.75, 3.05) is 18.4 Å². The fourth-order valence-corrected chi connectivity index (χ4v) is 2.74. The number of aromatic amines is 1. The number of H-pyrrole nitrogens is 1. The minimum absolute atomic E-state index is 0.332. The van der Waals surface area contributed by atoms with Crippen molar-refractivity contribution < 1.29 is 9.63 Å². The van der Waals surface area contributed by atoms with Crippen molar-refractivity contribution >= 4 is 12.4 Å². The fraction of sp³-hybridized carbons (Fsp3) is 0.286. The van der Waals surface area contributed by atoms with Gasteiger partial charge in [-0.25, -0.2) is 20.0 Å². The topological polar surface area (TPSA) is 120 Å². The quantitative estimate of drug-likeness (QED) is 0.436. The van der Waals surface area contributed by atoms with Gasteiger partial charge in [0, 0.05) is 23.9 Å². The van der Waals surface area contributed by atoms with Crippen molar-refractivity contribution in [3.63, 3.8) is 0 Å². The summed E-state index contributed by atoms with van der Waals surface area (Å²) in [5, 5.41) is 13.4. The molecule has 0 radical (unpaired) electrons. The summed E-state index contributed by atoms with van der Waals surface area (Å²) in [6.07, 6.45) is 5.65. The summed E-state index contributed by atoms with van der Waals surface area (Å²) in [4.78, 5) is 32.9. The molecule has 2 aromatic heterocycles. The summed E-state index contributed by atoms with van der Waals surface area (Å²) in [7, 11) is 0. The Bertz CT molecular complexity index is 1020. The summed E-state index contributed by atoms with van der Waals surface area (Å²) < 4.78 is 0. The molecule has 9 nitrogen and oxygen atoms in total. The SMILES string of the molecule is CC(C)(C)ON(C=O)CCNc1ncc(-c2cnc[nH]2)c(-c2ccc(C#N)cc2)n1. The maximum absolute atomic E-state index is 11.2. The lowest BCUT2D eigenvalue weighted by Gasteiger charge is -2.26. The molecule has 0 spiro atoms. The van der Waals surface area contributed by atoms with Gasteiger partial charge < -0.3 is 10.3 Å². The maximum atomic E-state index is 11.2. The highest BCUT2D eigenvalue weighted by Crippen LogP contribution is 2.29. The third-order valence-corrected chi connectivity index (χ3v) is 3.99. The van der Waals surface area contributed by atoms with Crippen molar-refractivity contribution in [1.82, 2.24) is 25.0 Å². The van der Waals surface area contributed by atoms with E-state index in [1.165, 1.54) is 5.06 Å². The van der Waals surface area contributed by atoms with E-state index in [0.717, 1.165) is 16.8 Å². The molecule has 0 aliphatic carbocycles. The second-order valence-electron chi connectivity index (χ2n) is 7.49. The van der Waals surface area contributed by atoms with E-state index in [-0.39, 0.29) is 0 Å². The molecule has 1 aromatic carbocycles. The second-order valence-corrected chi connectivity index (χ2v) is 7.49. The number of benzene rings is 1. The van der Waals surface area contributed by atoms with Crippen LogP contribution in [0.5, 0.6) is 0 Å². The second kappa shape index (κ2) is 9.15. The summed E-state index contributed by atoms with van der Waals surface area (Å²) in [5.74, 6) is 0.416. The number of nitrogens with zero attached hydrogens (tertiary/aromatic N) is 5. The summed E-state index contributed by atoms with van der Waals surface area (Å²) in [6.45, 7) is 6.36. The zero-order valence-corrected chi connectivity index (χ0v) is 17.1. The molecule has 2 N–H and O–H groups in total. The van der Waals surface area contributed by atoms with E-state index >= 15 is 0 Å². The average Bonchev–Trinajstić information content (AvgIpc) is 3.27. The fourth-order valence-electron chi connectivity index (χ4n) is 2.74. The van der Waals surface area contributed by atoms with Crippen LogP contribution in [0.2, 0.25) is 0 Å². The predicted octanol–water partition coefficient (Wildman–Crippen LogP) is 3.01. The number of anilines is 1. The smallest absolute Gasteiger partial charge is 0.233 e. The Balaban J connectivity index is 1.81. The normalized spacial score (nSPS) is 11.0. The Hall–Kier alpha value is -3.77. The zero-order valence-electron chi connectivity index (χ0n) is 17.1. The largest absolute Gasteiger partial charge is 0.352 e. The van der Waals surface area contributed by atoms with Crippen LogP contribution in [0.25, 0.3) is 22.5 Å². The van der Waals surface area contributed by atoms with Gasteiger partial charge in [-0.1, -0.05) is 12.1 Å². The molecule has 3 aromatic rings. The molecule has 0 saturated heterocycles. The van der Waals surface area contributed by atoms with Gasteiger partial charge in [-0.3, -0.25) is 9.63 Å². The highest BCUT2D eigenvalue weighted by molar-refractivity contribution is 5.79. The molecule has 0 atom stereocenters. The van der Waals surface area contributed by atoms with Gasteiger partial charge in [0.05, 0.1) is 47.7 Å². The van der Waals surface area contributed by atoms with Crippen molar-refractivity contribution in [3.8, 4) is 28.6 Å². The molecule has 0 fully saturated rings. The number of hydrogen-bond acceptors (Lipinski definition) is 7. The summed E-state index contributed by atoms with van der Waals surface area (Å²) in [6, 6.07) is 9.29. The lowest BCUT2D eigenvalue weighted by Crippen LogP contribution is -2.36. The number of amides is 1. The number of carbonyl (C=O) groups excluding carboxylic acids is 1. The van der Waals surface area contributed by atoms with E-state index in [0.29, 0.717) is 36.7 Å². The van der Waals surface area contributed by atoms with Gasteiger partial charge in [-0.05, 0) is 32.9 Å². The van der Waals surface area contributed by atoms with Crippen molar-refractivity contribution in [2.24, 2.45) is 0 Å². The molecule has 0 bridgehead atoms. The van der Waals surface area contributed by atoms with Crippen LogP contribution < -0.4 is 5.32 Å². The first kappa shape index (κ1) is 21.0. The molecule has 9 heteroatoms. The Morgan fingerprint density at radius 3 is 2.63 bits per heavy atom. The van der Waals surface area contributed by atoms with E-state index in [1.807, 2.05) is 32.9 Å². The minimum Gasteiger partial charge on any atom is -0.352 e. The van der Waals surface area contributed by atoms with Crippen molar-refractivity contribution in [3.05, 3.63) is 48.5 Å². The predicted molar refractivity (Wildman–Crippen MR) is 112 cm³/mol. The average molecular weight is 405 g/mol. The lowest BCUT2D eigenvalue weighted by atomic mass is 10.0. The van der Waals surface area contributed by atoms with Gasteiger partial charge in [0.15, 0.2) is 0 Å². The lowest BCUT2D eigenvalue weighted by molar-refractivity contribution is -0.214. The van der Waals surface area contributed by atoms with Crippen LogP contribution >= 0.6 is 0 Å². The number of hydrogen-bond donors (Lipinski definition) is 2. The van der Waals surface area contributed by atoms with Crippen molar-refractivity contribution in [2.45, 2.75) is 26.4 Å².